The van der Waals surface area contributed by atoms with E-state index in [1.54, 1.807) is 62.2 Å². The van der Waals surface area contributed by atoms with Gasteiger partial charge in [-0.05, 0) is 66.7 Å². The van der Waals surface area contributed by atoms with E-state index in [9.17, 15) is 4.79 Å². The molecule has 0 atom stereocenters. The predicted molar refractivity (Wildman–Crippen MR) is 115 cm³/mol. The Hall–Kier alpha value is -4.26. The highest BCUT2D eigenvalue weighted by Crippen LogP contribution is 2.31. The van der Waals surface area contributed by atoms with Gasteiger partial charge in [0.2, 0.25) is 5.95 Å². The lowest BCUT2D eigenvalue weighted by Gasteiger charge is -2.22. The Balaban J connectivity index is 1.57. The Kier molecular flexibility index (Phi) is 5.61. The summed E-state index contributed by atoms with van der Waals surface area (Å²) < 4.78 is 5.12. The zero-order chi connectivity index (χ0) is 20.8. The Morgan fingerprint density at radius 1 is 0.867 bits per heavy atom. The molecule has 0 aliphatic carbocycles. The number of nitrogens with one attached hydrogen (secondary N) is 1. The molecule has 2 heterocycles. The van der Waals surface area contributed by atoms with Gasteiger partial charge in [0.25, 0.3) is 5.91 Å². The molecule has 0 fully saturated rings. The highest BCUT2D eigenvalue weighted by atomic mass is 16.5. The van der Waals surface area contributed by atoms with Gasteiger partial charge in [-0.25, -0.2) is 9.97 Å². The fourth-order valence-electron chi connectivity index (χ4n) is 2.91. The van der Waals surface area contributed by atoms with Crippen LogP contribution in [0.4, 0.5) is 23.0 Å². The number of pyridine rings is 1. The minimum atomic E-state index is -0.194. The van der Waals surface area contributed by atoms with Crippen LogP contribution < -0.4 is 15.0 Å². The quantitative estimate of drug-likeness (QED) is 0.512. The Bertz CT molecular complexity index is 1060. The molecule has 30 heavy (non-hydrogen) atoms. The van der Waals surface area contributed by atoms with Crippen molar-refractivity contribution >= 4 is 28.9 Å². The summed E-state index contributed by atoms with van der Waals surface area (Å²) in [5.41, 5.74) is 2.91. The Morgan fingerprint density at radius 3 is 2.23 bits per heavy atom. The van der Waals surface area contributed by atoms with Crippen LogP contribution in [0.3, 0.4) is 0 Å². The maximum atomic E-state index is 12.5. The van der Waals surface area contributed by atoms with E-state index in [0.717, 1.165) is 11.4 Å². The van der Waals surface area contributed by atoms with Crippen molar-refractivity contribution in [1.29, 1.82) is 0 Å². The number of nitrogens with zero attached hydrogens (tertiary/aromatic N) is 4. The topological polar surface area (TPSA) is 80.2 Å². The third-order valence-corrected chi connectivity index (χ3v) is 4.39. The van der Waals surface area contributed by atoms with E-state index in [2.05, 4.69) is 20.3 Å². The van der Waals surface area contributed by atoms with Crippen molar-refractivity contribution in [3.8, 4) is 5.75 Å². The van der Waals surface area contributed by atoms with Crippen molar-refractivity contribution in [3.63, 3.8) is 0 Å². The van der Waals surface area contributed by atoms with Gasteiger partial charge in [0.05, 0.1) is 19.0 Å². The van der Waals surface area contributed by atoms with Gasteiger partial charge in [-0.1, -0.05) is 0 Å². The van der Waals surface area contributed by atoms with Crippen molar-refractivity contribution in [2.24, 2.45) is 0 Å². The van der Waals surface area contributed by atoms with E-state index in [-0.39, 0.29) is 5.91 Å². The van der Waals surface area contributed by atoms with Crippen LogP contribution >= 0.6 is 0 Å². The van der Waals surface area contributed by atoms with Gasteiger partial charge < -0.3 is 10.1 Å². The molecule has 0 aliphatic heterocycles. The number of anilines is 4. The average Bonchev–Trinajstić information content (AvgIpc) is 2.82. The normalized spacial score (nSPS) is 10.3. The number of ether oxygens (including phenoxy) is 1. The van der Waals surface area contributed by atoms with Crippen LogP contribution in [0.5, 0.6) is 5.75 Å². The monoisotopic (exact) mass is 397 g/mol. The predicted octanol–water partition coefficient (Wildman–Crippen LogP) is 4.60. The molecule has 0 saturated carbocycles. The summed E-state index contributed by atoms with van der Waals surface area (Å²) in [5, 5.41) is 2.90. The molecule has 0 saturated heterocycles. The van der Waals surface area contributed by atoms with E-state index in [0.29, 0.717) is 22.9 Å². The number of hydrogen-bond acceptors (Lipinski definition) is 6. The van der Waals surface area contributed by atoms with Crippen molar-refractivity contribution < 1.29 is 9.53 Å². The maximum absolute atomic E-state index is 12.5. The molecule has 0 aliphatic rings. The lowest BCUT2D eigenvalue weighted by atomic mass is 10.2. The number of carbonyl (C=O) groups excluding carboxylic acids is 1. The highest BCUT2D eigenvalue weighted by molar-refractivity contribution is 6.04. The second-order valence-corrected chi connectivity index (χ2v) is 6.32. The first-order valence-electron chi connectivity index (χ1n) is 9.27. The van der Waals surface area contributed by atoms with Gasteiger partial charge >= 0.3 is 0 Å². The fraction of sp³-hybridized carbons (Fsp3) is 0.0435. The van der Waals surface area contributed by atoms with E-state index in [1.165, 1.54) is 0 Å². The van der Waals surface area contributed by atoms with Gasteiger partial charge in [0, 0.05) is 35.5 Å². The van der Waals surface area contributed by atoms with E-state index < -0.39 is 0 Å². The smallest absolute Gasteiger partial charge is 0.255 e. The van der Waals surface area contributed by atoms with Crippen LogP contribution in [0, 0.1) is 0 Å². The van der Waals surface area contributed by atoms with Crippen LogP contribution in [-0.2, 0) is 0 Å². The molecule has 0 spiro atoms. The lowest BCUT2D eigenvalue weighted by Crippen LogP contribution is -2.14. The van der Waals surface area contributed by atoms with Crippen molar-refractivity contribution in [1.82, 2.24) is 15.0 Å². The first-order chi connectivity index (χ1) is 14.7. The SMILES string of the molecule is COc1ccc(C(=O)Nc2ccc(N(c3cccnc3)c3ncccn3)cc2)cc1. The van der Waals surface area contributed by atoms with Crippen LogP contribution in [0.1, 0.15) is 10.4 Å². The number of rotatable bonds is 6. The van der Waals surface area contributed by atoms with Gasteiger partial charge in [0.15, 0.2) is 0 Å². The standard InChI is InChI=1S/C23H19N5O2/c1-30-21-11-5-17(6-12-21)22(29)27-18-7-9-19(10-8-18)28(20-4-2-13-24-16-20)23-25-14-3-15-26-23/h2-16H,1H3,(H,27,29). The summed E-state index contributed by atoms with van der Waals surface area (Å²) in [6.07, 6.45) is 6.84. The van der Waals surface area contributed by atoms with Gasteiger partial charge in [-0.15, -0.1) is 0 Å². The molecule has 2 aromatic heterocycles. The van der Waals surface area contributed by atoms with Gasteiger partial charge in [-0.3, -0.25) is 14.7 Å². The van der Waals surface area contributed by atoms with Crippen molar-refractivity contribution in [3.05, 3.63) is 97.1 Å². The first kappa shape index (κ1) is 19.1. The summed E-state index contributed by atoms with van der Waals surface area (Å²) in [4.78, 5) is 27.3. The zero-order valence-corrected chi connectivity index (χ0v) is 16.3. The second kappa shape index (κ2) is 8.83. The van der Waals surface area contributed by atoms with Gasteiger partial charge in [0.1, 0.15) is 5.75 Å². The molecule has 0 radical (unpaired) electrons. The zero-order valence-electron chi connectivity index (χ0n) is 16.3. The molecule has 2 aromatic carbocycles. The molecule has 1 amide bonds. The molecule has 148 valence electrons. The number of hydrogen-bond donors (Lipinski definition) is 1. The van der Waals surface area contributed by atoms with Crippen LogP contribution in [0.2, 0.25) is 0 Å². The summed E-state index contributed by atoms with van der Waals surface area (Å²) >= 11 is 0. The summed E-state index contributed by atoms with van der Waals surface area (Å²) in [5.74, 6) is 1.04. The highest BCUT2D eigenvalue weighted by Gasteiger charge is 2.15. The van der Waals surface area contributed by atoms with Gasteiger partial charge in [-0.2, -0.15) is 0 Å². The van der Waals surface area contributed by atoms with E-state index in [4.69, 9.17) is 4.74 Å². The molecule has 4 aromatic rings. The van der Waals surface area contributed by atoms with E-state index >= 15 is 0 Å². The maximum Gasteiger partial charge on any atom is 0.255 e. The molecule has 4 rings (SSSR count). The molecule has 7 heteroatoms. The van der Waals surface area contributed by atoms with Crippen molar-refractivity contribution in [2.45, 2.75) is 0 Å². The minimum absolute atomic E-state index is 0.194. The lowest BCUT2D eigenvalue weighted by molar-refractivity contribution is 0.102. The largest absolute Gasteiger partial charge is 0.497 e. The van der Waals surface area contributed by atoms with Crippen molar-refractivity contribution in [2.75, 3.05) is 17.3 Å². The second-order valence-electron chi connectivity index (χ2n) is 6.32. The first-order valence-corrected chi connectivity index (χ1v) is 9.27. The third-order valence-electron chi connectivity index (χ3n) is 4.39. The molecule has 0 unspecified atom stereocenters. The number of benzene rings is 2. The summed E-state index contributed by atoms with van der Waals surface area (Å²) in [7, 11) is 1.59. The van der Waals surface area contributed by atoms with Crippen LogP contribution in [0.15, 0.2) is 91.5 Å². The number of aromatic nitrogens is 3. The fourth-order valence-corrected chi connectivity index (χ4v) is 2.91. The number of carbonyl (C=O) groups is 1. The van der Waals surface area contributed by atoms with E-state index in [1.807, 2.05) is 41.3 Å². The summed E-state index contributed by atoms with van der Waals surface area (Å²) in [6.45, 7) is 0. The number of amides is 1. The number of methoxy groups -OCH3 is 1. The molecular weight excluding hydrogens is 378 g/mol. The summed E-state index contributed by atoms with van der Waals surface area (Å²) in [6, 6.07) is 20.0. The minimum Gasteiger partial charge on any atom is -0.497 e. The third kappa shape index (κ3) is 4.25. The molecular formula is C23H19N5O2. The van der Waals surface area contributed by atoms with Crippen LogP contribution in [0.25, 0.3) is 0 Å². The van der Waals surface area contributed by atoms with Crippen LogP contribution in [-0.4, -0.2) is 28.0 Å². The molecule has 1 N–H and O–H groups in total. The molecule has 0 bridgehead atoms. The average molecular weight is 397 g/mol. The Labute approximate surface area is 174 Å². The Morgan fingerprint density at radius 2 is 1.60 bits per heavy atom. The molecule has 7 nitrogen and oxygen atoms in total.